The highest BCUT2D eigenvalue weighted by Crippen LogP contribution is 2.31. The largest absolute Gasteiger partial charge is 0.454 e. The number of ether oxygens (including phenoxy) is 1. The van der Waals surface area contributed by atoms with Crippen LogP contribution in [0.3, 0.4) is 0 Å². The maximum Gasteiger partial charge on any atom is 0.166 e. The molecule has 106 valence electrons. The summed E-state index contributed by atoms with van der Waals surface area (Å²) >= 11 is 0. The van der Waals surface area contributed by atoms with Gasteiger partial charge in [0, 0.05) is 17.6 Å². The molecule has 0 fully saturated rings. The molecule has 0 saturated carbocycles. The van der Waals surface area contributed by atoms with Crippen molar-refractivity contribution in [2.24, 2.45) is 5.73 Å². The fourth-order valence-electron chi connectivity index (χ4n) is 2.17. The molecule has 2 N–H and O–H groups in total. The molecule has 1 unspecified atom stereocenters. The normalized spacial score (nSPS) is 12.3. The molecule has 0 aliphatic carbocycles. The number of pyridine rings is 1. The Balaban J connectivity index is 1.99. The monoisotopic (exact) mass is 282 g/mol. The van der Waals surface area contributed by atoms with Crippen molar-refractivity contribution in [3.05, 3.63) is 66.1 Å². The zero-order chi connectivity index (χ0) is 14.8. The number of halogens is 1. The zero-order valence-electron chi connectivity index (χ0n) is 11.6. The van der Waals surface area contributed by atoms with Gasteiger partial charge in [0.25, 0.3) is 0 Å². The lowest BCUT2D eigenvalue weighted by Gasteiger charge is -2.11. The summed E-state index contributed by atoms with van der Waals surface area (Å²) in [5.74, 6) is 0.328. The summed E-state index contributed by atoms with van der Waals surface area (Å²) in [5, 5.41) is 0.843. The number of aromatic nitrogens is 1. The molecular formula is C17H15FN2O. The van der Waals surface area contributed by atoms with Crippen LogP contribution in [-0.2, 0) is 0 Å². The summed E-state index contributed by atoms with van der Waals surface area (Å²) in [6, 6.07) is 13.8. The van der Waals surface area contributed by atoms with Crippen molar-refractivity contribution in [2.45, 2.75) is 13.0 Å². The van der Waals surface area contributed by atoms with Crippen molar-refractivity contribution < 1.29 is 9.13 Å². The van der Waals surface area contributed by atoms with Gasteiger partial charge >= 0.3 is 0 Å². The van der Waals surface area contributed by atoms with Crippen molar-refractivity contribution in [1.29, 1.82) is 0 Å². The van der Waals surface area contributed by atoms with Gasteiger partial charge in [0.1, 0.15) is 5.75 Å². The third kappa shape index (κ3) is 2.71. The number of rotatable bonds is 3. The van der Waals surface area contributed by atoms with Gasteiger partial charge in [-0.25, -0.2) is 4.39 Å². The first kappa shape index (κ1) is 13.5. The van der Waals surface area contributed by atoms with Gasteiger partial charge in [0.05, 0.1) is 5.52 Å². The number of nitrogens with zero attached hydrogens (tertiary/aromatic N) is 1. The second kappa shape index (κ2) is 5.50. The Morgan fingerprint density at radius 1 is 1.10 bits per heavy atom. The average molecular weight is 282 g/mol. The van der Waals surface area contributed by atoms with Crippen LogP contribution in [0, 0.1) is 5.82 Å². The lowest BCUT2D eigenvalue weighted by molar-refractivity contribution is 0.445. The van der Waals surface area contributed by atoms with E-state index in [4.69, 9.17) is 10.5 Å². The Morgan fingerprint density at radius 2 is 1.95 bits per heavy atom. The standard InChI is InChI=1S/C17H15FN2O/c1-11(19)12-7-8-17(14(18)10-12)21-16-6-2-5-15-13(16)4-3-9-20-15/h2-11H,19H2,1H3. The molecule has 0 spiro atoms. The quantitative estimate of drug-likeness (QED) is 0.783. The molecule has 0 radical (unpaired) electrons. The molecule has 1 heterocycles. The molecule has 3 rings (SSSR count). The van der Waals surface area contributed by atoms with Gasteiger partial charge in [-0.15, -0.1) is 0 Å². The highest BCUT2D eigenvalue weighted by Gasteiger charge is 2.10. The van der Waals surface area contributed by atoms with Crippen molar-refractivity contribution in [1.82, 2.24) is 4.98 Å². The first-order chi connectivity index (χ1) is 10.1. The van der Waals surface area contributed by atoms with Gasteiger partial charge in [0.15, 0.2) is 11.6 Å². The second-order valence-electron chi connectivity index (χ2n) is 4.91. The molecule has 0 saturated heterocycles. The molecule has 0 aliphatic heterocycles. The van der Waals surface area contributed by atoms with Crippen LogP contribution < -0.4 is 10.5 Å². The van der Waals surface area contributed by atoms with Crippen molar-refractivity contribution >= 4 is 10.9 Å². The van der Waals surface area contributed by atoms with Crippen LogP contribution in [0.15, 0.2) is 54.7 Å². The SMILES string of the molecule is CC(N)c1ccc(Oc2cccc3ncccc23)c(F)c1. The summed E-state index contributed by atoms with van der Waals surface area (Å²) in [7, 11) is 0. The van der Waals surface area contributed by atoms with Crippen molar-refractivity contribution in [3.8, 4) is 11.5 Å². The summed E-state index contributed by atoms with van der Waals surface area (Å²) < 4.78 is 19.8. The van der Waals surface area contributed by atoms with E-state index in [9.17, 15) is 4.39 Å². The van der Waals surface area contributed by atoms with Crippen LogP contribution in [0.4, 0.5) is 4.39 Å². The molecule has 4 heteroatoms. The molecule has 21 heavy (non-hydrogen) atoms. The topological polar surface area (TPSA) is 48.1 Å². The molecule has 3 aromatic rings. The zero-order valence-corrected chi connectivity index (χ0v) is 11.6. The molecule has 0 amide bonds. The van der Waals surface area contributed by atoms with E-state index in [1.54, 1.807) is 24.4 Å². The fraction of sp³-hybridized carbons (Fsp3) is 0.118. The van der Waals surface area contributed by atoms with Crippen LogP contribution in [0.5, 0.6) is 11.5 Å². The Hall–Kier alpha value is -2.46. The molecule has 1 aromatic heterocycles. The van der Waals surface area contributed by atoms with E-state index in [1.807, 2.05) is 31.2 Å². The maximum atomic E-state index is 14.1. The van der Waals surface area contributed by atoms with Crippen molar-refractivity contribution in [3.63, 3.8) is 0 Å². The smallest absolute Gasteiger partial charge is 0.166 e. The van der Waals surface area contributed by atoms with E-state index >= 15 is 0 Å². The van der Waals surface area contributed by atoms with Crippen molar-refractivity contribution in [2.75, 3.05) is 0 Å². The lowest BCUT2D eigenvalue weighted by atomic mass is 10.1. The molecular weight excluding hydrogens is 267 g/mol. The number of fused-ring (bicyclic) bond motifs is 1. The Labute approximate surface area is 122 Å². The van der Waals surface area contributed by atoms with E-state index in [0.29, 0.717) is 5.75 Å². The maximum absolute atomic E-state index is 14.1. The Morgan fingerprint density at radius 3 is 2.71 bits per heavy atom. The Bertz CT molecular complexity index is 781. The Kier molecular flexibility index (Phi) is 3.54. The van der Waals surface area contributed by atoms with E-state index in [0.717, 1.165) is 16.5 Å². The summed E-state index contributed by atoms with van der Waals surface area (Å²) in [4.78, 5) is 4.25. The highest BCUT2D eigenvalue weighted by atomic mass is 19.1. The number of benzene rings is 2. The van der Waals surface area contributed by atoms with E-state index in [2.05, 4.69) is 4.98 Å². The predicted octanol–water partition coefficient (Wildman–Crippen LogP) is 4.19. The van der Waals surface area contributed by atoms with E-state index in [-0.39, 0.29) is 11.8 Å². The van der Waals surface area contributed by atoms with Crippen LogP contribution in [0.25, 0.3) is 10.9 Å². The molecule has 0 bridgehead atoms. The van der Waals surface area contributed by atoms with Gasteiger partial charge in [-0.05, 0) is 48.9 Å². The van der Waals surface area contributed by atoms with Gasteiger partial charge < -0.3 is 10.5 Å². The highest BCUT2D eigenvalue weighted by molar-refractivity contribution is 5.85. The second-order valence-corrected chi connectivity index (χ2v) is 4.91. The van der Waals surface area contributed by atoms with Gasteiger partial charge in [-0.2, -0.15) is 0 Å². The van der Waals surface area contributed by atoms with Gasteiger partial charge in [0.2, 0.25) is 0 Å². The average Bonchev–Trinajstić information content (AvgIpc) is 2.49. The minimum atomic E-state index is -0.425. The van der Waals surface area contributed by atoms with E-state index < -0.39 is 5.82 Å². The molecule has 1 atom stereocenters. The van der Waals surface area contributed by atoms with Crippen LogP contribution in [-0.4, -0.2) is 4.98 Å². The number of hydrogen-bond acceptors (Lipinski definition) is 3. The fourth-order valence-corrected chi connectivity index (χ4v) is 2.17. The summed E-state index contributed by atoms with van der Waals surface area (Å²) in [6.07, 6.45) is 1.71. The third-order valence-electron chi connectivity index (χ3n) is 3.31. The summed E-state index contributed by atoms with van der Waals surface area (Å²) in [6.45, 7) is 1.81. The van der Waals surface area contributed by atoms with Gasteiger partial charge in [-0.1, -0.05) is 12.1 Å². The molecule has 2 aromatic carbocycles. The number of hydrogen-bond donors (Lipinski definition) is 1. The summed E-state index contributed by atoms with van der Waals surface area (Å²) in [5.41, 5.74) is 7.29. The minimum absolute atomic E-state index is 0.177. The lowest BCUT2D eigenvalue weighted by Crippen LogP contribution is -2.05. The number of nitrogens with two attached hydrogens (primary N) is 1. The predicted molar refractivity (Wildman–Crippen MR) is 80.8 cm³/mol. The van der Waals surface area contributed by atoms with E-state index in [1.165, 1.54) is 6.07 Å². The van der Waals surface area contributed by atoms with Crippen LogP contribution >= 0.6 is 0 Å². The van der Waals surface area contributed by atoms with Crippen LogP contribution in [0.1, 0.15) is 18.5 Å². The first-order valence-electron chi connectivity index (χ1n) is 6.72. The minimum Gasteiger partial charge on any atom is -0.454 e. The van der Waals surface area contributed by atoms with Gasteiger partial charge in [-0.3, -0.25) is 4.98 Å². The van der Waals surface area contributed by atoms with Crippen LogP contribution in [0.2, 0.25) is 0 Å². The molecule has 3 nitrogen and oxygen atoms in total. The third-order valence-corrected chi connectivity index (χ3v) is 3.31. The molecule has 0 aliphatic rings. The first-order valence-corrected chi connectivity index (χ1v) is 6.72.